The summed E-state index contributed by atoms with van der Waals surface area (Å²) in [5.74, 6) is 0.160. The summed E-state index contributed by atoms with van der Waals surface area (Å²) in [5.41, 5.74) is 5.78. The lowest BCUT2D eigenvalue weighted by molar-refractivity contribution is -0.137. The van der Waals surface area contributed by atoms with Crippen LogP contribution in [0.25, 0.3) is 0 Å². The molecule has 0 saturated heterocycles. The van der Waals surface area contributed by atoms with Crippen molar-refractivity contribution in [3.63, 3.8) is 0 Å². The monoisotopic (exact) mass is 711 g/mol. The van der Waals surface area contributed by atoms with Crippen molar-refractivity contribution in [3.8, 4) is 0 Å². The van der Waals surface area contributed by atoms with Crippen molar-refractivity contribution in [3.05, 3.63) is 63.5 Å². The highest BCUT2D eigenvalue weighted by Gasteiger charge is 2.58. The maximum absolute atomic E-state index is 13.5. The van der Waals surface area contributed by atoms with Crippen molar-refractivity contribution in [2.24, 2.45) is 5.41 Å². The molecule has 3 aliphatic carbocycles. The van der Waals surface area contributed by atoms with Gasteiger partial charge in [0.25, 0.3) is 0 Å². The van der Waals surface area contributed by atoms with E-state index in [9.17, 15) is 13.2 Å². The minimum Gasteiger partial charge on any atom is -0.410 e. The molecule has 42 heavy (non-hydrogen) atoms. The van der Waals surface area contributed by atoms with Crippen molar-refractivity contribution in [1.82, 2.24) is 4.98 Å². The highest BCUT2D eigenvalue weighted by Crippen LogP contribution is 2.63. The van der Waals surface area contributed by atoms with Gasteiger partial charge in [-0.1, -0.05) is 75.8 Å². The molecular formula is C34H45F3INO2Si. The number of ether oxygens (including phenoxy) is 1. The molecule has 2 saturated carbocycles. The number of rotatable bonds is 4. The van der Waals surface area contributed by atoms with Crippen LogP contribution in [0, 0.1) is 5.41 Å². The van der Waals surface area contributed by atoms with Gasteiger partial charge in [-0.25, -0.2) is 0 Å². The Balaban J connectivity index is 1.59. The van der Waals surface area contributed by atoms with Gasteiger partial charge in [0.1, 0.15) is 11.7 Å². The first-order chi connectivity index (χ1) is 19.5. The molecule has 0 bridgehead atoms. The predicted octanol–water partition coefficient (Wildman–Crippen LogP) is 10.7. The van der Waals surface area contributed by atoms with Crippen molar-refractivity contribution < 1.29 is 22.3 Å². The number of nitrogens with zero attached hydrogens (tertiary/aromatic N) is 1. The molecule has 0 amide bonds. The van der Waals surface area contributed by atoms with E-state index in [2.05, 4.69) is 70.3 Å². The number of pyridine rings is 1. The number of alkyl halides is 4. The summed E-state index contributed by atoms with van der Waals surface area (Å²) < 4.78 is 55.3. The third-order valence-corrected chi connectivity index (χ3v) is 17.2. The van der Waals surface area contributed by atoms with E-state index in [4.69, 9.17) is 14.1 Å². The Morgan fingerprint density at radius 3 is 2.19 bits per heavy atom. The van der Waals surface area contributed by atoms with Crippen molar-refractivity contribution >= 4 is 30.9 Å². The summed E-state index contributed by atoms with van der Waals surface area (Å²) in [6.45, 7) is 16.0. The Hall–Kier alpha value is -0.973. The largest absolute Gasteiger partial charge is 0.416 e. The molecule has 8 heteroatoms. The molecule has 6 rings (SSSR count). The van der Waals surface area contributed by atoms with Gasteiger partial charge in [0.15, 0.2) is 8.32 Å². The van der Waals surface area contributed by atoms with Gasteiger partial charge in [0.2, 0.25) is 0 Å². The molecule has 2 fully saturated rings. The Morgan fingerprint density at radius 1 is 1.02 bits per heavy atom. The van der Waals surface area contributed by atoms with Crippen molar-refractivity contribution in [1.29, 1.82) is 0 Å². The van der Waals surface area contributed by atoms with Gasteiger partial charge < -0.3 is 9.16 Å². The molecule has 1 aromatic heterocycles. The predicted molar refractivity (Wildman–Crippen MR) is 172 cm³/mol. The van der Waals surface area contributed by atoms with Crippen LogP contribution in [0.4, 0.5) is 13.2 Å². The van der Waals surface area contributed by atoms with Crippen molar-refractivity contribution in [2.45, 2.75) is 138 Å². The third kappa shape index (κ3) is 4.93. The summed E-state index contributed by atoms with van der Waals surface area (Å²) in [7, 11) is -2.13. The maximum Gasteiger partial charge on any atom is 0.416 e. The topological polar surface area (TPSA) is 31.4 Å². The van der Waals surface area contributed by atoms with Crippen LogP contribution in [-0.4, -0.2) is 17.2 Å². The van der Waals surface area contributed by atoms with Crippen LogP contribution in [0.2, 0.25) is 18.1 Å². The molecule has 0 radical (unpaired) electrons. The lowest BCUT2D eigenvalue weighted by Crippen LogP contribution is -2.46. The van der Waals surface area contributed by atoms with Gasteiger partial charge in [-0.2, -0.15) is 13.2 Å². The molecule has 1 aliphatic heterocycles. The average Bonchev–Trinajstić information content (AvgIpc) is 3.41. The normalized spacial score (nSPS) is 28.8. The first-order valence-electron chi connectivity index (χ1n) is 15.7. The zero-order chi connectivity index (χ0) is 30.5. The SMILES string of the molecule is CC(C)c1nc2c(c3c1[C@@H](c1ccc(C(F)(F)F)cc1)OC31CCCC1I)C(O[Si](C)(C)C(C)(C)C)CC1(CCC1)C2. The second-order valence-electron chi connectivity index (χ2n) is 15.3. The van der Waals surface area contributed by atoms with E-state index in [0.717, 1.165) is 48.9 Å². The first kappa shape index (κ1) is 31.0. The van der Waals surface area contributed by atoms with Crippen LogP contribution in [-0.2, 0) is 27.4 Å². The number of aromatic nitrogens is 1. The summed E-state index contributed by atoms with van der Waals surface area (Å²) in [4.78, 5) is 5.49. The fraction of sp³-hybridized carbons (Fsp3) is 0.676. The minimum absolute atomic E-state index is 0.0339. The van der Waals surface area contributed by atoms with Crippen LogP contribution in [0.1, 0.15) is 137 Å². The minimum atomic E-state index is -4.37. The molecular weight excluding hydrogens is 666 g/mol. The Kier molecular flexibility index (Phi) is 7.59. The lowest BCUT2D eigenvalue weighted by Gasteiger charge is -2.51. The van der Waals surface area contributed by atoms with E-state index < -0.39 is 31.8 Å². The smallest absolute Gasteiger partial charge is 0.410 e. The quantitative estimate of drug-likeness (QED) is 0.180. The van der Waals surface area contributed by atoms with Gasteiger partial charge in [0, 0.05) is 32.0 Å². The van der Waals surface area contributed by atoms with Crippen LogP contribution in [0.5, 0.6) is 0 Å². The van der Waals surface area contributed by atoms with Gasteiger partial charge in [-0.15, -0.1) is 0 Å². The van der Waals surface area contributed by atoms with Crippen LogP contribution >= 0.6 is 22.6 Å². The molecule has 4 aliphatic rings. The summed E-state index contributed by atoms with van der Waals surface area (Å²) >= 11 is 2.58. The highest BCUT2D eigenvalue weighted by molar-refractivity contribution is 14.1. The molecule has 4 atom stereocenters. The fourth-order valence-corrected chi connectivity index (χ4v) is 10.2. The van der Waals surface area contributed by atoms with Crippen LogP contribution in [0.3, 0.4) is 0 Å². The molecule has 0 N–H and O–H groups in total. The Morgan fingerprint density at radius 2 is 1.69 bits per heavy atom. The fourth-order valence-electron chi connectivity index (χ4n) is 7.70. The lowest BCUT2D eigenvalue weighted by atomic mass is 9.59. The van der Waals surface area contributed by atoms with E-state index in [1.165, 1.54) is 48.2 Å². The summed E-state index contributed by atoms with van der Waals surface area (Å²) in [5, 5.41) is 0.0714. The molecule has 3 unspecified atom stereocenters. The van der Waals surface area contributed by atoms with Crippen LogP contribution in [0.15, 0.2) is 24.3 Å². The van der Waals surface area contributed by atoms with Gasteiger partial charge in [0.05, 0.1) is 11.7 Å². The van der Waals surface area contributed by atoms with E-state index in [1.54, 1.807) is 12.1 Å². The van der Waals surface area contributed by atoms with Gasteiger partial charge in [-0.3, -0.25) is 4.98 Å². The Labute approximate surface area is 264 Å². The van der Waals surface area contributed by atoms with E-state index in [-0.39, 0.29) is 26.4 Å². The number of fused-ring (bicyclic) bond motifs is 4. The molecule has 2 spiro atoms. The number of hydrogen-bond donors (Lipinski definition) is 0. The standard InChI is InChI=1S/C34H45F3INO2Si/c1-20(2)29-27-28(26-23(39-29)18-32(15-9-16-32)19-24(26)41-42(6,7)31(3,4)5)33(17-8-10-25(33)38)40-30(27)21-11-13-22(14-12-21)34(35,36)37/h11-14,20,24-25,30H,8-10,15-19H2,1-7H3/t24?,25?,30-,33?/m1/s1. The van der Waals surface area contributed by atoms with E-state index in [1.807, 2.05) is 0 Å². The summed E-state index contributed by atoms with van der Waals surface area (Å²) in [6.07, 6.45) is 3.92. The number of hydrogen-bond acceptors (Lipinski definition) is 3. The van der Waals surface area contributed by atoms with Gasteiger partial charge in [-0.05, 0) is 92.1 Å². The van der Waals surface area contributed by atoms with Crippen molar-refractivity contribution in [2.75, 3.05) is 0 Å². The van der Waals surface area contributed by atoms with E-state index >= 15 is 0 Å². The maximum atomic E-state index is 13.5. The van der Waals surface area contributed by atoms with E-state index in [0.29, 0.717) is 0 Å². The average molecular weight is 712 g/mol. The molecule has 1 aromatic carbocycles. The third-order valence-electron chi connectivity index (χ3n) is 11.1. The number of halogens is 4. The van der Waals surface area contributed by atoms with Crippen LogP contribution < -0.4 is 0 Å². The number of benzene rings is 1. The second kappa shape index (κ2) is 10.3. The molecule has 2 heterocycles. The summed E-state index contributed by atoms with van der Waals surface area (Å²) in [6, 6.07) is 5.63. The first-order valence-corrected chi connectivity index (χ1v) is 19.9. The molecule has 2 aromatic rings. The molecule has 230 valence electrons. The zero-order valence-electron chi connectivity index (χ0n) is 26.1. The molecule has 3 nitrogen and oxygen atoms in total. The van der Waals surface area contributed by atoms with Gasteiger partial charge >= 0.3 is 6.18 Å². The Bertz CT molecular complexity index is 1360. The zero-order valence-corrected chi connectivity index (χ0v) is 29.2. The second-order valence-corrected chi connectivity index (χ2v) is 21.5. The highest BCUT2D eigenvalue weighted by atomic mass is 127.